The first-order chi connectivity index (χ1) is 21.0. The van der Waals surface area contributed by atoms with Crippen molar-refractivity contribution in [3.8, 4) is 0 Å². The summed E-state index contributed by atoms with van der Waals surface area (Å²) in [5.41, 5.74) is 3.61. The quantitative estimate of drug-likeness (QED) is 0.140. The van der Waals surface area contributed by atoms with Gasteiger partial charge in [0.15, 0.2) is 0 Å². The van der Waals surface area contributed by atoms with Crippen LogP contribution in [0.1, 0.15) is 0 Å². The van der Waals surface area contributed by atoms with E-state index in [0.717, 1.165) is 13.4 Å². The van der Waals surface area contributed by atoms with Gasteiger partial charge in [0.25, 0.3) is 0 Å². The van der Waals surface area contributed by atoms with Crippen LogP contribution in [0, 0.1) is 0 Å². The molecule has 0 saturated carbocycles. The second-order valence-electron chi connectivity index (χ2n) is 6.41. The Labute approximate surface area is 408 Å². The van der Waals surface area contributed by atoms with Crippen molar-refractivity contribution in [1.82, 2.24) is 0 Å². The molecule has 0 amide bonds. The molecule has 52 heavy (non-hydrogen) atoms. The minimum atomic E-state index is -3.70. The molecule has 13 N–H and O–H groups in total. The molecular formula is C18H31Br3Cl6NO18Sb6+. The molecule has 34 heteroatoms. The van der Waals surface area contributed by atoms with Gasteiger partial charge in [0, 0.05) is 49.8 Å². The third-order valence-corrected chi connectivity index (χ3v) is 4.98. The summed E-state index contributed by atoms with van der Waals surface area (Å²) in [6.45, 7) is 0. The third-order valence-electron chi connectivity index (χ3n) is 3.40. The van der Waals surface area contributed by atoms with Crippen molar-refractivity contribution >= 4 is 266 Å². The molecule has 0 fully saturated rings. The Kier molecular flexibility index (Phi) is 81.7. The fourth-order valence-corrected chi connectivity index (χ4v) is 3.14. The Morgan fingerprint density at radius 1 is 0.308 bits per heavy atom. The predicted octanol–water partition coefficient (Wildman–Crippen LogP) is -0.997. The van der Waals surface area contributed by atoms with Gasteiger partial charge in [-0.1, -0.05) is 47.8 Å². The van der Waals surface area contributed by atoms with Crippen molar-refractivity contribution in [1.29, 1.82) is 0 Å². The number of quaternary nitrogens is 1. The van der Waals surface area contributed by atoms with E-state index in [1.807, 2.05) is 0 Å². The van der Waals surface area contributed by atoms with E-state index < -0.39 is 126 Å². The second kappa shape index (κ2) is 53.0. The summed E-state index contributed by atoms with van der Waals surface area (Å²) in [5.74, 6) is 0. The van der Waals surface area contributed by atoms with Gasteiger partial charge in [0.1, 0.15) is 17.1 Å². The Balaban J connectivity index is -0.0000000617. The summed E-state index contributed by atoms with van der Waals surface area (Å²) < 4.78 is 143. The molecule has 0 aliphatic rings. The van der Waals surface area contributed by atoms with Gasteiger partial charge in [-0.3, -0.25) is 0 Å². The monoisotopic (exact) mass is 1720 g/mol. The molecule has 308 valence electrons. The van der Waals surface area contributed by atoms with E-state index >= 15 is 0 Å². The van der Waals surface area contributed by atoms with Crippen LogP contribution in [0.2, 0.25) is 0 Å². The van der Waals surface area contributed by atoms with Crippen molar-refractivity contribution in [3.63, 3.8) is 0 Å². The minimum absolute atomic E-state index is 0. The Bertz CT molecular complexity index is 1160. The van der Waals surface area contributed by atoms with E-state index in [0.29, 0.717) is 0 Å². The summed E-state index contributed by atoms with van der Waals surface area (Å²) in [4.78, 5) is 1.23. The second-order valence-corrected chi connectivity index (χ2v) is 17.8. The van der Waals surface area contributed by atoms with Crippen LogP contribution in [0.3, 0.4) is 0 Å². The molecule has 3 aromatic rings. The van der Waals surface area contributed by atoms with Crippen molar-refractivity contribution in [2.45, 2.75) is 0 Å². The predicted molar refractivity (Wildman–Crippen MR) is 211 cm³/mol. The molecule has 0 aliphatic carbocycles. The van der Waals surface area contributed by atoms with Crippen molar-refractivity contribution in [2.75, 3.05) is 0 Å². The van der Waals surface area contributed by atoms with Gasteiger partial charge in [-0.15, -0.1) is 74.4 Å². The van der Waals surface area contributed by atoms with E-state index in [2.05, 4.69) is 121 Å². The molecule has 0 aliphatic heterocycles. The number of hydrogen-bond acceptors (Lipinski definition) is 6. The fourth-order valence-electron chi connectivity index (χ4n) is 2.35. The molecule has 0 bridgehead atoms. The van der Waals surface area contributed by atoms with Gasteiger partial charge in [-0.05, 0) is 36.4 Å². The SMILES string of the molecule is Brc1ccc([NH+](c2ccc(Br)cc2)c2ccc(Br)cc2)cc1.Cl.Cl.Cl.Cl.Cl.Cl.[O]=[Sb]([OH])[OH].[O]=[Sb]([OH])[OH].[O]=[Sb]([OH])[OH].[O]=[Sb]([OH])[OH].[O]=[Sb]([OH])[OH].[O]=[Sb]([OH])[OH]. The molecule has 0 saturated heterocycles. The van der Waals surface area contributed by atoms with Crippen LogP contribution in [-0.4, -0.2) is 167 Å². The van der Waals surface area contributed by atoms with Crippen molar-refractivity contribution in [3.05, 3.63) is 86.2 Å². The van der Waals surface area contributed by atoms with E-state index in [1.165, 1.54) is 22.0 Å². The molecule has 3 aromatic carbocycles. The van der Waals surface area contributed by atoms with Crippen LogP contribution in [-0.2, 0) is 18.1 Å². The zero-order valence-electron chi connectivity index (χ0n) is 24.5. The molecule has 0 unspecified atom stereocenters. The van der Waals surface area contributed by atoms with Crippen LogP contribution in [0.15, 0.2) is 86.2 Å². The van der Waals surface area contributed by atoms with Gasteiger partial charge in [0.05, 0.1) is 0 Å². The first-order valence-electron chi connectivity index (χ1n) is 10.3. The number of halogens is 9. The van der Waals surface area contributed by atoms with Crippen molar-refractivity contribution in [2.24, 2.45) is 0 Å². The zero-order valence-corrected chi connectivity index (χ0v) is 49.5. The Hall–Kier alpha value is 4.03. The van der Waals surface area contributed by atoms with Crippen molar-refractivity contribution < 1.29 is 63.6 Å². The fraction of sp³-hybridized carbons (Fsp3) is 0. The first-order valence-corrected chi connectivity index (χ1v) is 32.6. The van der Waals surface area contributed by atoms with Gasteiger partial charge >= 0.3 is 185 Å². The molecule has 0 aromatic heterocycles. The molecule has 0 atom stereocenters. The number of hydrogen-bond donors (Lipinski definition) is 13. The summed E-state index contributed by atoms with van der Waals surface area (Å²) in [7, 11) is 0. The Morgan fingerprint density at radius 2 is 0.404 bits per heavy atom. The maximum atomic E-state index is 8.82. The summed E-state index contributed by atoms with van der Waals surface area (Å²) in [5, 5.41) is 0. The average molecular weight is 1730 g/mol. The Morgan fingerprint density at radius 3 is 0.500 bits per heavy atom. The zero-order chi connectivity index (χ0) is 37.0. The average Bonchev–Trinajstić information content (AvgIpc) is 2.86. The van der Waals surface area contributed by atoms with E-state index in [9.17, 15) is 0 Å². The van der Waals surface area contributed by atoms with Crippen LogP contribution in [0.5, 0.6) is 0 Å². The van der Waals surface area contributed by atoms with E-state index in [1.54, 1.807) is 0 Å². The standard InChI is InChI=1S/C18H12Br3N.6ClH.12H2O.6O.6Sb/c19-13-1-7-16(8-2-13)22(17-9-3-14(20)4-10-17)18-11-5-15(21)6-12-18;;;;;;;;;;;;;;;;;;;;;;;;;;;;;;/h1-12H;6*1H;12*1H2;;;;;;;;;;;;/q;;;;;;;;;;;;;;;;;;;;;;;;;6*+2/p-11. The first kappa shape index (κ1) is 80.1. The van der Waals surface area contributed by atoms with Gasteiger partial charge < -0.3 is 0 Å². The van der Waals surface area contributed by atoms with Gasteiger partial charge in [-0.25, -0.2) is 4.90 Å². The number of rotatable bonds is 3. The summed E-state index contributed by atoms with van der Waals surface area (Å²) in [6, 6.07) is 25.3. The van der Waals surface area contributed by atoms with Crippen LogP contribution < -0.4 is 4.90 Å². The van der Waals surface area contributed by atoms with E-state index in [4.69, 9.17) is 58.7 Å². The normalized spacial score (nSPS) is 7.62. The summed E-state index contributed by atoms with van der Waals surface area (Å²) in [6.07, 6.45) is 0. The molecule has 3 rings (SSSR count). The van der Waals surface area contributed by atoms with Gasteiger partial charge in [-0.2, -0.15) is 0 Å². The van der Waals surface area contributed by atoms with Gasteiger partial charge in [0.2, 0.25) is 0 Å². The number of nitrogens with one attached hydrogen (secondary N) is 1. The molecule has 6 radical (unpaired) electrons. The van der Waals surface area contributed by atoms with Crippen LogP contribution in [0.4, 0.5) is 17.1 Å². The topological polar surface area (TPSA) is 350 Å². The number of benzene rings is 3. The molecule has 19 nitrogen and oxygen atoms in total. The van der Waals surface area contributed by atoms with Crippen LogP contribution >= 0.6 is 122 Å². The van der Waals surface area contributed by atoms with Crippen LogP contribution in [0.25, 0.3) is 0 Å². The molecule has 0 spiro atoms. The third kappa shape index (κ3) is 71.7. The summed E-state index contributed by atoms with van der Waals surface area (Å²) >= 11 is -11.7. The van der Waals surface area contributed by atoms with E-state index in [-0.39, 0.29) is 74.4 Å². The molecule has 0 heterocycles. The maximum absolute atomic E-state index is 8.82. The molecular weight excluding hydrogens is 1700 g/mol.